The Balaban J connectivity index is 2.06. The number of aryl methyl sites for hydroxylation is 4. The summed E-state index contributed by atoms with van der Waals surface area (Å²) in [5.74, 6) is 0. The van der Waals surface area contributed by atoms with Crippen molar-refractivity contribution in [1.29, 1.82) is 0 Å². The van der Waals surface area contributed by atoms with Gasteiger partial charge < -0.3 is 0 Å². The molecule has 0 nitrogen and oxygen atoms in total. The summed E-state index contributed by atoms with van der Waals surface area (Å²) >= 11 is 0. The number of benzene rings is 2. The Morgan fingerprint density at radius 2 is 1.67 bits per heavy atom. The number of hydrogen-bond acceptors (Lipinski definition) is 0. The van der Waals surface area contributed by atoms with Gasteiger partial charge in [-0.15, -0.1) is 0 Å². The minimum Gasteiger partial charge on any atom is -0.0985 e. The van der Waals surface area contributed by atoms with Crippen molar-refractivity contribution in [3.05, 3.63) is 76.9 Å². The van der Waals surface area contributed by atoms with Gasteiger partial charge in [-0.05, 0) is 48.9 Å². The molecular formula is C18H20. The second-order valence-electron chi connectivity index (χ2n) is 4.88. The lowest BCUT2D eigenvalue weighted by Crippen LogP contribution is -1.93. The molecule has 0 N–H and O–H groups in total. The predicted octanol–water partition coefficient (Wildman–Crippen LogP) is 4.73. The van der Waals surface area contributed by atoms with Crippen LogP contribution >= 0.6 is 0 Å². The SMILES string of the molecule is C=Cc1ccc(CCc2cccc(C)c2)cc1C. The van der Waals surface area contributed by atoms with Gasteiger partial charge in [-0.2, -0.15) is 0 Å². The summed E-state index contributed by atoms with van der Waals surface area (Å²) in [7, 11) is 0. The van der Waals surface area contributed by atoms with Gasteiger partial charge in [-0.25, -0.2) is 0 Å². The summed E-state index contributed by atoms with van der Waals surface area (Å²) in [5.41, 5.74) is 6.70. The van der Waals surface area contributed by atoms with Crippen molar-refractivity contribution in [2.24, 2.45) is 0 Å². The quantitative estimate of drug-likeness (QED) is 0.719. The molecule has 0 fully saturated rings. The van der Waals surface area contributed by atoms with Crippen LogP contribution in [0.2, 0.25) is 0 Å². The van der Waals surface area contributed by atoms with Crippen molar-refractivity contribution in [2.75, 3.05) is 0 Å². The molecule has 0 amide bonds. The maximum absolute atomic E-state index is 3.82. The molecule has 0 saturated heterocycles. The van der Waals surface area contributed by atoms with Crippen LogP contribution in [0.1, 0.15) is 27.8 Å². The third kappa shape index (κ3) is 3.10. The molecule has 0 aliphatic carbocycles. The molecule has 0 aliphatic heterocycles. The van der Waals surface area contributed by atoms with Crippen molar-refractivity contribution in [3.8, 4) is 0 Å². The van der Waals surface area contributed by atoms with Crippen molar-refractivity contribution in [2.45, 2.75) is 26.7 Å². The summed E-state index contributed by atoms with van der Waals surface area (Å²) in [6.45, 7) is 8.12. The van der Waals surface area contributed by atoms with Crippen LogP contribution in [0, 0.1) is 13.8 Å². The second kappa shape index (κ2) is 5.68. The summed E-state index contributed by atoms with van der Waals surface area (Å²) in [5, 5.41) is 0. The first-order valence-corrected chi connectivity index (χ1v) is 6.46. The highest BCUT2D eigenvalue weighted by molar-refractivity contribution is 5.52. The zero-order valence-corrected chi connectivity index (χ0v) is 11.2. The molecule has 0 aliphatic rings. The topological polar surface area (TPSA) is 0 Å². The van der Waals surface area contributed by atoms with E-state index in [-0.39, 0.29) is 0 Å². The fourth-order valence-corrected chi connectivity index (χ4v) is 2.28. The van der Waals surface area contributed by atoms with Crippen molar-refractivity contribution >= 4 is 6.08 Å². The Bertz CT molecular complexity index is 550. The summed E-state index contributed by atoms with van der Waals surface area (Å²) < 4.78 is 0. The number of hydrogen-bond donors (Lipinski definition) is 0. The first kappa shape index (κ1) is 12.6. The Hall–Kier alpha value is -1.82. The Morgan fingerprint density at radius 3 is 2.28 bits per heavy atom. The van der Waals surface area contributed by atoms with Gasteiger partial charge in [0.2, 0.25) is 0 Å². The molecule has 2 aromatic carbocycles. The average molecular weight is 236 g/mol. The van der Waals surface area contributed by atoms with Crippen LogP contribution in [-0.4, -0.2) is 0 Å². The Labute approximate surface area is 110 Å². The molecule has 0 aromatic heterocycles. The lowest BCUT2D eigenvalue weighted by Gasteiger charge is -2.06. The zero-order chi connectivity index (χ0) is 13.0. The lowest BCUT2D eigenvalue weighted by molar-refractivity contribution is 0.955. The van der Waals surface area contributed by atoms with Crippen LogP contribution < -0.4 is 0 Å². The predicted molar refractivity (Wildman–Crippen MR) is 79.9 cm³/mol. The van der Waals surface area contributed by atoms with Gasteiger partial charge in [0.05, 0.1) is 0 Å². The minimum atomic E-state index is 1.10. The fourth-order valence-electron chi connectivity index (χ4n) is 2.28. The molecule has 0 saturated carbocycles. The fraction of sp³-hybridized carbons (Fsp3) is 0.222. The molecule has 0 atom stereocenters. The van der Waals surface area contributed by atoms with Crippen LogP contribution in [0.3, 0.4) is 0 Å². The van der Waals surface area contributed by atoms with Gasteiger partial charge >= 0.3 is 0 Å². The highest BCUT2D eigenvalue weighted by atomic mass is 14.0. The van der Waals surface area contributed by atoms with E-state index in [0.717, 1.165) is 12.8 Å². The van der Waals surface area contributed by atoms with E-state index in [4.69, 9.17) is 0 Å². The Kier molecular flexibility index (Phi) is 3.99. The lowest BCUT2D eigenvalue weighted by atomic mass is 9.99. The maximum atomic E-state index is 3.82. The van der Waals surface area contributed by atoms with Crippen LogP contribution in [-0.2, 0) is 12.8 Å². The van der Waals surface area contributed by atoms with E-state index < -0.39 is 0 Å². The summed E-state index contributed by atoms with van der Waals surface area (Å²) in [6, 6.07) is 15.4. The molecule has 0 radical (unpaired) electrons. The van der Waals surface area contributed by atoms with Crippen LogP contribution in [0.25, 0.3) is 6.08 Å². The maximum Gasteiger partial charge on any atom is -0.0233 e. The molecule has 0 bridgehead atoms. The molecule has 92 valence electrons. The molecular weight excluding hydrogens is 216 g/mol. The summed E-state index contributed by atoms with van der Waals surface area (Å²) in [6.07, 6.45) is 4.12. The standard InChI is InChI=1S/C18H20/c1-4-18-11-10-17(13-15(18)3)9-8-16-7-5-6-14(2)12-16/h4-7,10-13H,1,8-9H2,2-3H3. The highest BCUT2D eigenvalue weighted by Gasteiger charge is 1.99. The van der Waals surface area contributed by atoms with Crippen LogP contribution in [0.4, 0.5) is 0 Å². The Morgan fingerprint density at radius 1 is 0.944 bits per heavy atom. The molecule has 2 aromatic rings. The van der Waals surface area contributed by atoms with Crippen molar-refractivity contribution < 1.29 is 0 Å². The zero-order valence-electron chi connectivity index (χ0n) is 11.2. The normalized spacial score (nSPS) is 10.3. The average Bonchev–Trinajstić information content (AvgIpc) is 2.37. The van der Waals surface area contributed by atoms with E-state index >= 15 is 0 Å². The molecule has 0 spiro atoms. The van der Waals surface area contributed by atoms with E-state index in [2.05, 4.69) is 62.9 Å². The van der Waals surface area contributed by atoms with Crippen molar-refractivity contribution in [1.82, 2.24) is 0 Å². The van der Waals surface area contributed by atoms with Gasteiger partial charge in [0.15, 0.2) is 0 Å². The van der Waals surface area contributed by atoms with Gasteiger partial charge in [-0.3, -0.25) is 0 Å². The number of rotatable bonds is 4. The van der Waals surface area contributed by atoms with Gasteiger partial charge in [0.25, 0.3) is 0 Å². The highest BCUT2D eigenvalue weighted by Crippen LogP contribution is 2.14. The van der Waals surface area contributed by atoms with E-state index in [0.29, 0.717) is 0 Å². The van der Waals surface area contributed by atoms with E-state index in [1.165, 1.54) is 27.8 Å². The smallest absolute Gasteiger partial charge is 0.0233 e. The molecule has 2 rings (SSSR count). The molecule has 0 unspecified atom stereocenters. The van der Waals surface area contributed by atoms with Gasteiger partial charge in [0, 0.05) is 0 Å². The second-order valence-corrected chi connectivity index (χ2v) is 4.88. The van der Waals surface area contributed by atoms with Gasteiger partial charge in [-0.1, -0.05) is 60.7 Å². The largest absolute Gasteiger partial charge is 0.0985 e. The minimum absolute atomic E-state index is 1.10. The molecule has 18 heavy (non-hydrogen) atoms. The van der Waals surface area contributed by atoms with E-state index in [1.54, 1.807) is 0 Å². The van der Waals surface area contributed by atoms with Gasteiger partial charge in [0.1, 0.15) is 0 Å². The van der Waals surface area contributed by atoms with Crippen LogP contribution in [0.15, 0.2) is 49.0 Å². The monoisotopic (exact) mass is 236 g/mol. The first-order valence-electron chi connectivity index (χ1n) is 6.46. The van der Waals surface area contributed by atoms with Crippen LogP contribution in [0.5, 0.6) is 0 Å². The first-order chi connectivity index (χ1) is 8.69. The molecule has 0 heteroatoms. The third-order valence-corrected chi connectivity index (χ3v) is 3.34. The van der Waals surface area contributed by atoms with Crippen molar-refractivity contribution in [3.63, 3.8) is 0 Å². The molecule has 0 heterocycles. The third-order valence-electron chi connectivity index (χ3n) is 3.34. The van der Waals surface area contributed by atoms with E-state index in [1.807, 2.05) is 6.08 Å². The van der Waals surface area contributed by atoms with E-state index in [9.17, 15) is 0 Å². The summed E-state index contributed by atoms with van der Waals surface area (Å²) in [4.78, 5) is 0.